The quantitative estimate of drug-likeness (QED) is 0.600. The Hall–Kier alpha value is -2.89. The van der Waals surface area contributed by atoms with E-state index in [0.717, 1.165) is 25.7 Å². The number of carbonyl (C=O) groups is 1. The van der Waals surface area contributed by atoms with Crippen molar-refractivity contribution in [1.82, 2.24) is 14.1 Å². The Bertz CT molecular complexity index is 1120. The average molecular weight is 479 g/mol. The van der Waals surface area contributed by atoms with Crippen LogP contribution in [-0.2, 0) is 21.5 Å². The number of anilines is 1. The first kappa shape index (κ1) is 23.3. The zero-order valence-corrected chi connectivity index (χ0v) is 19.4. The van der Waals surface area contributed by atoms with Gasteiger partial charge in [0.1, 0.15) is 12.4 Å². The maximum atomic E-state index is 14.4. The monoisotopic (exact) mass is 478 g/mol. The van der Waals surface area contributed by atoms with Crippen molar-refractivity contribution in [3.05, 3.63) is 53.8 Å². The lowest BCUT2D eigenvalue weighted by Gasteiger charge is -2.36. The molecule has 0 unspecified atom stereocenters. The third-order valence-electron chi connectivity index (χ3n) is 5.71. The SMILES string of the molecule is CN(C)S(=O)(=O)N(CC(=O)N1CCN(Cc2ccc3c(c2)OCO3)CC1)c1ccccc1F. The van der Waals surface area contributed by atoms with Crippen molar-refractivity contribution in [3.8, 4) is 11.5 Å². The summed E-state index contributed by atoms with van der Waals surface area (Å²) in [7, 11) is -1.36. The summed E-state index contributed by atoms with van der Waals surface area (Å²) in [4.78, 5) is 16.8. The molecule has 1 amide bonds. The first-order valence-corrected chi connectivity index (χ1v) is 12.0. The first-order valence-electron chi connectivity index (χ1n) is 10.6. The molecule has 2 aromatic rings. The Kier molecular flexibility index (Phi) is 6.73. The highest BCUT2D eigenvalue weighted by atomic mass is 32.2. The maximum absolute atomic E-state index is 14.4. The van der Waals surface area contributed by atoms with Crippen LogP contribution in [0.3, 0.4) is 0 Å². The second-order valence-electron chi connectivity index (χ2n) is 8.09. The highest BCUT2D eigenvalue weighted by Gasteiger charge is 2.31. The van der Waals surface area contributed by atoms with Gasteiger partial charge in [0, 0.05) is 46.8 Å². The molecular weight excluding hydrogens is 451 g/mol. The van der Waals surface area contributed by atoms with E-state index < -0.39 is 22.6 Å². The summed E-state index contributed by atoms with van der Waals surface area (Å²) >= 11 is 0. The van der Waals surface area contributed by atoms with Crippen molar-refractivity contribution in [2.75, 3.05) is 57.9 Å². The predicted molar refractivity (Wildman–Crippen MR) is 121 cm³/mol. The lowest BCUT2D eigenvalue weighted by Crippen LogP contribution is -2.52. The molecule has 2 aromatic carbocycles. The number of halogens is 1. The van der Waals surface area contributed by atoms with Crippen LogP contribution in [0.25, 0.3) is 0 Å². The summed E-state index contributed by atoms with van der Waals surface area (Å²) in [5.41, 5.74) is 0.933. The Morgan fingerprint density at radius 1 is 1.03 bits per heavy atom. The van der Waals surface area contributed by atoms with Crippen LogP contribution >= 0.6 is 0 Å². The minimum Gasteiger partial charge on any atom is -0.454 e. The van der Waals surface area contributed by atoms with E-state index in [1.165, 1.54) is 38.4 Å². The van der Waals surface area contributed by atoms with Gasteiger partial charge in [0.2, 0.25) is 12.7 Å². The summed E-state index contributed by atoms with van der Waals surface area (Å²) in [6.07, 6.45) is 0. The van der Waals surface area contributed by atoms with Crippen molar-refractivity contribution in [2.45, 2.75) is 6.54 Å². The fourth-order valence-electron chi connectivity index (χ4n) is 3.82. The maximum Gasteiger partial charge on any atom is 0.304 e. The molecule has 0 spiro atoms. The van der Waals surface area contributed by atoms with E-state index in [-0.39, 0.29) is 18.4 Å². The van der Waals surface area contributed by atoms with Gasteiger partial charge in [0.05, 0.1) is 5.69 Å². The first-order chi connectivity index (χ1) is 15.8. The predicted octanol–water partition coefficient (Wildman–Crippen LogP) is 1.51. The molecule has 0 aromatic heterocycles. The van der Waals surface area contributed by atoms with Crippen molar-refractivity contribution in [1.29, 1.82) is 0 Å². The number of hydrogen-bond acceptors (Lipinski definition) is 6. The number of ether oxygens (including phenoxy) is 2. The van der Waals surface area contributed by atoms with Gasteiger partial charge in [-0.25, -0.2) is 8.70 Å². The molecule has 9 nitrogen and oxygen atoms in total. The molecule has 1 saturated heterocycles. The fourth-order valence-corrected chi connectivity index (χ4v) is 4.88. The molecular formula is C22H27FN4O5S. The Morgan fingerprint density at radius 2 is 1.73 bits per heavy atom. The summed E-state index contributed by atoms with van der Waals surface area (Å²) < 4.78 is 52.6. The van der Waals surface area contributed by atoms with E-state index in [2.05, 4.69) is 4.90 Å². The molecule has 2 aliphatic rings. The molecule has 4 rings (SSSR count). The summed E-state index contributed by atoms with van der Waals surface area (Å²) in [6, 6.07) is 11.4. The smallest absolute Gasteiger partial charge is 0.304 e. The molecule has 0 bridgehead atoms. The number of hydrogen-bond donors (Lipinski definition) is 0. The number of carbonyl (C=O) groups excluding carboxylic acids is 1. The summed E-state index contributed by atoms with van der Waals surface area (Å²) in [5.74, 6) is 0.397. The van der Waals surface area contributed by atoms with Crippen molar-refractivity contribution in [3.63, 3.8) is 0 Å². The van der Waals surface area contributed by atoms with Crippen molar-refractivity contribution < 1.29 is 27.1 Å². The summed E-state index contributed by atoms with van der Waals surface area (Å²) in [6.45, 7) is 2.65. The molecule has 0 N–H and O–H groups in total. The van der Waals surface area contributed by atoms with Gasteiger partial charge < -0.3 is 14.4 Å². The molecule has 2 aliphatic heterocycles. The molecule has 1 fully saturated rings. The molecule has 178 valence electrons. The van der Waals surface area contributed by atoms with Gasteiger partial charge in [0.15, 0.2) is 11.5 Å². The van der Waals surface area contributed by atoms with Crippen molar-refractivity contribution >= 4 is 21.8 Å². The number of rotatable bonds is 7. The van der Waals surface area contributed by atoms with Crippen LogP contribution in [0.5, 0.6) is 11.5 Å². The topological polar surface area (TPSA) is 82.6 Å². The standard InChI is InChI=1S/C22H27FN4O5S/c1-24(2)33(29,30)27(19-6-4-3-5-18(19)23)15-22(28)26-11-9-25(10-12-26)14-17-7-8-20-21(13-17)32-16-31-20/h3-8,13H,9-12,14-16H2,1-2H3. The minimum atomic E-state index is -4.06. The van der Waals surface area contributed by atoms with Crippen LogP contribution in [0.1, 0.15) is 5.56 Å². The zero-order valence-electron chi connectivity index (χ0n) is 18.6. The average Bonchev–Trinajstić information content (AvgIpc) is 3.26. The molecule has 11 heteroatoms. The van der Waals surface area contributed by atoms with Crippen LogP contribution in [0.15, 0.2) is 42.5 Å². The molecule has 33 heavy (non-hydrogen) atoms. The number of para-hydroxylation sites is 1. The van der Waals surface area contributed by atoms with Gasteiger partial charge in [-0.05, 0) is 29.8 Å². The summed E-state index contributed by atoms with van der Waals surface area (Å²) in [5, 5.41) is 0. The number of piperazine rings is 1. The largest absolute Gasteiger partial charge is 0.454 e. The Labute approximate surface area is 193 Å². The molecule has 0 radical (unpaired) electrons. The molecule has 0 aliphatic carbocycles. The van der Waals surface area contributed by atoms with Crippen LogP contribution in [0, 0.1) is 5.82 Å². The van der Waals surface area contributed by atoms with E-state index in [1.807, 2.05) is 18.2 Å². The fraction of sp³-hybridized carbons (Fsp3) is 0.409. The zero-order chi connectivity index (χ0) is 23.6. The molecule has 0 atom stereocenters. The van der Waals surface area contributed by atoms with E-state index in [4.69, 9.17) is 9.47 Å². The van der Waals surface area contributed by atoms with Gasteiger partial charge in [-0.2, -0.15) is 12.7 Å². The van der Waals surface area contributed by atoms with Crippen LogP contribution in [0.2, 0.25) is 0 Å². The van der Waals surface area contributed by atoms with E-state index >= 15 is 0 Å². The van der Waals surface area contributed by atoms with E-state index in [1.54, 1.807) is 4.90 Å². The number of fused-ring (bicyclic) bond motifs is 1. The van der Waals surface area contributed by atoms with Gasteiger partial charge in [0.25, 0.3) is 0 Å². The Balaban J connectivity index is 1.39. The lowest BCUT2D eigenvalue weighted by molar-refractivity contribution is -0.131. The van der Waals surface area contributed by atoms with Gasteiger partial charge in [-0.1, -0.05) is 18.2 Å². The third-order valence-corrected chi connectivity index (χ3v) is 7.51. The second kappa shape index (κ2) is 9.54. The Morgan fingerprint density at radius 3 is 2.42 bits per heavy atom. The van der Waals surface area contributed by atoms with Gasteiger partial charge in [-0.15, -0.1) is 0 Å². The number of benzene rings is 2. The molecule has 0 saturated carbocycles. The van der Waals surface area contributed by atoms with E-state index in [0.29, 0.717) is 32.7 Å². The highest BCUT2D eigenvalue weighted by Crippen LogP contribution is 2.33. The highest BCUT2D eigenvalue weighted by molar-refractivity contribution is 7.90. The number of amides is 1. The van der Waals surface area contributed by atoms with Gasteiger partial charge in [-0.3, -0.25) is 9.69 Å². The van der Waals surface area contributed by atoms with Crippen LogP contribution in [-0.4, -0.2) is 82.0 Å². The molecule has 2 heterocycles. The number of nitrogens with zero attached hydrogens (tertiary/aromatic N) is 4. The second-order valence-corrected chi connectivity index (χ2v) is 10.2. The van der Waals surface area contributed by atoms with Crippen molar-refractivity contribution in [2.24, 2.45) is 0 Å². The van der Waals surface area contributed by atoms with Crippen LogP contribution in [0.4, 0.5) is 10.1 Å². The van der Waals surface area contributed by atoms with Crippen LogP contribution < -0.4 is 13.8 Å². The normalized spacial score (nSPS) is 16.3. The minimum absolute atomic E-state index is 0.152. The third kappa shape index (κ3) is 5.05. The lowest BCUT2D eigenvalue weighted by atomic mass is 10.1. The van der Waals surface area contributed by atoms with E-state index in [9.17, 15) is 17.6 Å². The van der Waals surface area contributed by atoms with Gasteiger partial charge >= 0.3 is 10.2 Å².